The predicted molar refractivity (Wildman–Crippen MR) is 111 cm³/mol. The van der Waals surface area contributed by atoms with Crippen LogP contribution in [0.1, 0.15) is 27.2 Å². The minimum atomic E-state index is -0.370. The summed E-state index contributed by atoms with van der Waals surface area (Å²) in [5.41, 5.74) is 3.06. The van der Waals surface area contributed by atoms with Crippen LogP contribution >= 0.6 is 27.5 Å². The first-order valence-electron chi connectivity index (χ1n) is 8.30. The fraction of sp³-hybridized carbons (Fsp3) is 0.158. The Labute approximate surface area is 175 Å². The Kier molecular flexibility index (Phi) is 6.09. The number of amides is 1. The molecule has 28 heavy (non-hydrogen) atoms. The lowest BCUT2D eigenvalue weighted by atomic mass is 10.0. The molecule has 2 heterocycles. The molecule has 0 aliphatic carbocycles. The van der Waals surface area contributed by atoms with Crippen LogP contribution < -0.4 is 10.6 Å². The van der Waals surface area contributed by atoms with Crippen molar-refractivity contribution in [2.24, 2.45) is 0 Å². The molecule has 142 valence electrons. The van der Waals surface area contributed by atoms with E-state index in [0.29, 0.717) is 33.2 Å². The van der Waals surface area contributed by atoms with Gasteiger partial charge in [0, 0.05) is 24.5 Å². The SMILES string of the molecule is CNCc1cc(C#N)cc(C)c1NC(=O)c1cc(Br)nn1-c1ncccc1Cl. The third-order valence-corrected chi connectivity index (χ3v) is 4.69. The van der Waals surface area contributed by atoms with E-state index in [1.807, 2.05) is 6.92 Å². The van der Waals surface area contributed by atoms with Crippen LogP contribution in [0.4, 0.5) is 5.69 Å². The minimum absolute atomic E-state index is 0.270. The maximum Gasteiger partial charge on any atom is 0.274 e. The first-order chi connectivity index (χ1) is 13.4. The summed E-state index contributed by atoms with van der Waals surface area (Å²) in [6.45, 7) is 2.35. The summed E-state index contributed by atoms with van der Waals surface area (Å²) in [5.74, 6) is -0.0166. The number of hydrogen-bond donors (Lipinski definition) is 2. The normalized spacial score (nSPS) is 10.5. The van der Waals surface area contributed by atoms with Crippen molar-refractivity contribution >= 4 is 39.1 Å². The van der Waals surface area contributed by atoms with E-state index in [4.69, 9.17) is 11.6 Å². The average Bonchev–Trinajstić information content (AvgIpc) is 3.06. The second-order valence-electron chi connectivity index (χ2n) is 6.00. The quantitative estimate of drug-likeness (QED) is 0.604. The van der Waals surface area contributed by atoms with Gasteiger partial charge in [0.25, 0.3) is 5.91 Å². The molecule has 0 fully saturated rings. The van der Waals surface area contributed by atoms with E-state index in [1.165, 1.54) is 4.68 Å². The van der Waals surface area contributed by atoms with Crippen LogP contribution in [0.5, 0.6) is 0 Å². The van der Waals surface area contributed by atoms with Crippen LogP contribution in [0.2, 0.25) is 5.02 Å². The lowest BCUT2D eigenvalue weighted by molar-refractivity contribution is 0.101. The molecular formula is C19H16BrClN6O. The number of pyridine rings is 1. The Morgan fingerprint density at radius 3 is 2.86 bits per heavy atom. The molecule has 1 aromatic carbocycles. The molecule has 0 bridgehead atoms. The highest BCUT2D eigenvalue weighted by molar-refractivity contribution is 9.10. The van der Waals surface area contributed by atoms with Crippen LogP contribution in [0.25, 0.3) is 5.82 Å². The van der Waals surface area contributed by atoms with Crippen LogP contribution in [0, 0.1) is 18.3 Å². The molecule has 7 nitrogen and oxygen atoms in total. The third kappa shape index (κ3) is 4.07. The number of halogens is 2. The molecule has 2 N–H and O–H groups in total. The van der Waals surface area contributed by atoms with E-state index in [9.17, 15) is 10.1 Å². The van der Waals surface area contributed by atoms with Gasteiger partial charge in [-0.1, -0.05) is 11.6 Å². The number of carbonyl (C=O) groups excluding carboxylic acids is 1. The molecule has 0 spiro atoms. The zero-order valence-electron chi connectivity index (χ0n) is 15.1. The van der Waals surface area contributed by atoms with Crippen molar-refractivity contribution in [1.29, 1.82) is 5.26 Å². The van der Waals surface area contributed by atoms with Crippen LogP contribution in [0.15, 0.2) is 41.1 Å². The van der Waals surface area contributed by atoms with Crippen LogP contribution in [-0.2, 0) is 6.54 Å². The number of nitriles is 1. The van der Waals surface area contributed by atoms with Gasteiger partial charge in [-0.05, 0) is 65.3 Å². The Bertz CT molecular complexity index is 1090. The summed E-state index contributed by atoms with van der Waals surface area (Å²) >= 11 is 9.52. The maximum atomic E-state index is 13.0. The number of aromatic nitrogens is 3. The highest BCUT2D eigenvalue weighted by Gasteiger charge is 2.20. The molecule has 0 saturated carbocycles. The smallest absolute Gasteiger partial charge is 0.274 e. The molecule has 3 rings (SSSR count). The van der Waals surface area contributed by atoms with Gasteiger partial charge in [0.15, 0.2) is 5.82 Å². The molecule has 0 atom stereocenters. The van der Waals surface area contributed by atoms with Gasteiger partial charge in [-0.25, -0.2) is 9.67 Å². The summed E-state index contributed by atoms with van der Waals surface area (Å²) in [6.07, 6.45) is 1.58. The fourth-order valence-electron chi connectivity index (χ4n) is 2.82. The highest BCUT2D eigenvalue weighted by Crippen LogP contribution is 2.26. The van der Waals surface area contributed by atoms with E-state index in [-0.39, 0.29) is 11.6 Å². The molecule has 3 aromatic rings. The second kappa shape index (κ2) is 8.52. The van der Waals surface area contributed by atoms with Crippen molar-refractivity contribution < 1.29 is 4.79 Å². The van der Waals surface area contributed by atoms with Crippen molar-refractivity contribution in [2.45, 2.75) is 13.5 Å². The van der Waals surface area contributed by atoms with E-state index in [1.54, 1.807) is 43.6 Å². The first-order valence-corrected chi connectivity index (χ1v) is 9.47. The standard InChI is InChI=1S/C19H16BrClN6O/c1-11-6-12(9-22)7-13(10-23-2)17(11)25-19(28)15-8-16(20)26-27(15)18-14(21)4-3-5-24-18/h3-8,23H,10H2,1-2H3,(H,25,28). The number of benzene rings is 1. The summed E-state index contributed by atoms with van der Waals surface area (Å²) < 4.78 is 1.87. The Balaban J connectivity index is 2.02. The van der Waals surface area contributed by atoms with Crippen molar-refractivity contribution in [3.63, 3.8) is 0 Å². The fourth-order valence-corrected chi connectivity index (χ4v) is 3.40. The molecule has 9 heteroatoms. The van der Waals surface area contributed by atoms with Gasteiger partial charge in [-0.15, -0.1) is 0 Å². The van der Waals surface area contributed by atoms with E-state index < -0.39 is 0 Å². The summed E-state index contributed by atoms with van der Waals surface area (Å²) in [7, 11) is 1.80. The molecule has 0 aliphatic rings. The number of aryl methyl sites for hydroxylation is 1. The van der Waals surface area contributed by atoms with E-state index in [2.05, 4.69) is 42.7 Å². The number of nitrogens with one attached hydrogen (secondary N) is 2. The zero-order valence-corrected chi connectivity index (χ0v) is 17.5. The van der Waals surface area contributed by atoms with Gasteiger partial charge >= 0.3 is 0 Å². The van der Waals surface area contributed by atoms with Gasteiger partial charge in [0.2, 0.25) is 0 Å². The number of anilines is 1. The van der Waals surface area contributed by atoms with Gasteiger partial charge in [0.05, 0.1) is 16.7 Å². The number of carbonyl (C=O) groups is 1. The molecule has 2 aromatic heterocycles. The number of hydrogen-bond acceptors (Lipinski definition) is 5. The van der Waals surface area contributed by atoms with Gasteiger partial charge in [-0.3, -0.25) is 4.79 Å². The topological polar surface area (TPSA) is 95.6 Å². The van der Waals surface area contributed by atoms with Crippen molar-refractivity contribution in [3.05, 3.63) is 68.5 Å². The average molecular weight is 460 g/mol. The molecule has 0 radical (unpaired) electrons. The highest BCUT2D eigenvalue weighted by atomic mass is 79.9. The largest absolute Gasteiger partial charge is 0.320 e. The Morgan fingerprint density at radius 1 is 1.39 bits per heavy atom. The Morgan fingerprint density at radius 2 is 2.18 bits per heavy atom. The van der Waals surface area contributed by atoms with Gasteiger partial charge < -0.3 is 10.6 Å². The molecule has 0 unspecified atom stereocenters. The predicted octanol–water partition coefficient (Wildman–Crippen LogP) is 3.84. The summed E-state index contributed by atoms with van der Waals surface area (Å²) in [6, 6.07) is 10.6. The maximum absolute atomic E-state index is 13.0. The van der Waals surface area contributed by atoms with Crippen molar-refractivity contribution in [1.82, 2.24) is 20.1 Å². The van der Waals surface area contributed by atoms with Crippen LogP contribution in [0.3, 0.4) is 0 Å². The van der Waals surface area contributed by atoms with Gasteiger partial charge in [0.1, 0.15) is 10.3 Å². The van der Waals surface area contributed by atoms with E-state index in [0.717, 1.165) is 11.1 Å². The van der Waals surface area contributed by atoms with Crippen molar-refractivity contribution in [2.75, 3.05) is 12.4 Å². The third-order valence-electron chi connectivity index (χ3n) is 4.00. The number of nitrogens with zero attached hydrogens (tertiary/aromatic N) is 4. The monoisotopic (exact) mass is 458 g/mol. The van der Waals surface area contributed by atoms with Crippen LogP contribution in [-0.4, -0.2) is 27.7 Å². The second-order valence-corrected chi connectivity index (χ2v) is 7.22. The van der Waals surface area contributed by atoms with Crippen molar-refractivity contribution in [3.8, 4) is 11.9 Å². The first kappa shape index (κ1) is 20.0. The summed E-state index contributed by atoms with van der Waals surface area (Å²) in [5, 5.41) is 19.8. The Hall–Kier alpha value is -2.73. The lowest BCUT2D eigenvalue weighted by Crippen LogP contribution is -2.20. The summed E-state index contributed by atoms with van der Waals surface area (Å²) in [4.78, 5) is 17.3. The molecule has 1 amide bonds. The molecular weight excluding hydrogens is 444 g/mol. The van der Waals surface area contributed by atoms with Gasteiger partial charge in [-0.2, -0.15) is 10.4 Å². The van der Waals surface area contributed by atoms with E-state index >= 15 is 0 Å². The lowest BCUT2D eigenvalue weighted by Gasteiger charge is -2.15. The minimum Gasteiger partial charge on any atom is -0.320 e. The number of rotatable bonds is 5. The zero-order chi connectivity index (χ0) is 20.3. The molecule has 0 saturated heterocycles. The molecule has 0 aliphatic heterocycles.